The van der Waals surface area contributed by atoms with Crippen LogP contribution in [0.3, 0.4) is 0 Å². The number of carbonyl (C=O) groups excluding carboxylic acids is 1. The summed E-state index contributed by atoms with van der Waals surface area (Å²) in [5, 5.41) is 13.1. The maximum Gasteiger partial charge on any atom is 0.291 e. The van der Waals surface area contributed by atoms with Gasteiger partial charge in [-0.3, -0.25) is 9.78 Å². The van der Waals surface area contributed by atoms with Crippen LogP contribution in [-0.2, 0) is 0 Å². The Balaban J connectivity index is 1.40. The lowest BCUT2D eigenvalue weighted by molar-refractivity contribution is 0.0997. The molecule has 6 nitrogen and oxygen atoms in total. The molecule has 1 aliphatic carbocycles. The number of anilines is 2. The molecule has 160 valence electrons. The highest BCUT2D eigenvalue weighted by Crippen LogP contribution is 2.43. The Morgan fingerprint density at radius 3 is 2.68 bits per heavy atom. The van der Waals surface area contributed by atoms with Gasteiger partial charge in [-0.15, -0.1) is 0 Å². The largest absolute Gasteiger partial charge is 0.451 e. The van der Waals surface area contributed by atoms with E-state index in [2.05, 4.69) is 33.4 Å². The summed E-state index contributed by atoms with van der Waals surface area (Å²) in [4.78, 5) is 19.3. The first-order valence-corrected chi connectivity index (χ1v) is 11.1. The molecule has 3 aromatic rings. The van der Waals surface area contributed by atoms with Gasteiger partial charge in [-0.05, 0) is 80.0 Å². The minimum atomic E-state index is -0.260. The van der Waals surface area contributed by atoms with Gasteiger partial charge in [-0.2, -0.15) is 0 Å². The van der Waals surface area contributed by atoms with Gasteiger partial charge in [0.15, 0.2) is 5.76 Å². The Bertz CT molecular complexity index is 1060. The zero-order valence-electron chi connectivity index (χ0n) is 17.5. The number of hydrogen-bond acceptors (Lipinski definition) is 5. The zero-order valence-corrected chi connectivity index (χ0v) is 17.5. The Labute approximate surface area is 181 Å². The quantitative estimate of drug-likeness (QED) is 0.622. The van der Waals surface area contributed by atoms with Gasteiger partial charge in [0.05, 0.1) is 17.5 Å². The van der Waals surface area contributed by atoms with E-state index in [1.807, 2.05) is 18.2 Å². The number of hydrogen-bond donors (Lipinski definition) is 2. The number of pyridine rings is 1. The lowest BCUT2D eigenvalue weighted by atomic mass is 10.1. The van der Waals surface area contributed by atoms with E-state index in [0.29, 0.717) is 11.7 Å². The van der Waals surface area contributed by atoms with Gasteiger partial charge >= 0.3 is 0 Å². The van der Waals surface area contributed by atoms with Crippen LogP contribution >= 0.6 is 0 Å². The fourth-order valence-electron chi connectivity index (χ4n) is 4.23. The number of nitrogens with one attached hydrogen (secondary N) is 1. The maximum atomic E-state index is 13.0. The molecule has 1 saturated heterocycles. The molecule has 3 heterocycles. The molecule has 2 fully saturated rings. The number of rotatable bonds is 5. The lowest BCUT2D eigenvalue weighted by Gasteiger charge is -2.26. The van der Waals surface area contributed by atoms with Crippen molar-refractivity contribution in [1.29, 1.82) is 0 Å². The van der Waals surface area contributed by atoms with Gasteiger partial charge in [0.1, 0.15) is 5.76 Å². The second kappa shape index (κ2) is 8.55. The van der Waals surface area contributed by atoms with E-state index in [9.17, 15) is 9.90 Å². The number of aliphatic hydroxyl groups excluding tert-OH is 1. The first kappa shape index (κ1) is 19.8. The van der Waals surface area contributed by atoms with Crippen molar-refractivity contribution >= 4 is 17.3 Å². The molecule has 1 saturated carbocycles. The molecule has 0 bridgehead atoms. The standard InChI is InChI=1S/C25H27N3O3/c29-20-2-1-14-28(15-11-20)22-6-5-19(17-3-4-17)16-21(22)27-25(30)24-8-7-23(31-24)18-9-12-26-13-10-18/h5-10,12-13,16-17,20,29H,1-4,11,14-15H2,(H,27,30). The van der Waals surface area contributed by atoms with Crippen molar-refractivity contribution in [3.63, 3.8) is 0 Å². The second-order valence-corrected chi connectivity index (χ2v) is 8.48. The lowest BCUT2D eigenvalue weighted by Crippen LogP contribution is -2.26. The molecule has 5 rings (SSSR count). The number of amides is 1. The summed E-state index contributed by atoms with van der Waals surface area (Å²) in [5.74, 6) is 1.25. The van der Waals surface area contributed by atoms with Gasteiger partial charge < -0.3 is 19.7 Å². The monoisotopic (exact) mass is 417 g/mol. The van der Waals surface area contributed by atoms with E-state index < -0.39 is 0 Å². The van der Waals surface area contributed by atoms with Gasteiger partial charge in [-0.1, -0.05) is 6.07 Å². The molecule has 6 heteroatoms. The third-order valence-electron chi connectivity index (χ3n) is 6.15. The normalized spacial score (nSPS) is 19.1. The smallest absolute Gasteiger partial charge is 0.291 e. The van der Waals surface area contributed by atoms with Gasteiger partial charge in [0, 0.05) is 31.0 Å². The number of nitrogens with zero attached hydrogens (tertiary/aromatic N) is 2. The van der Waals surface area contributed by atoms with Crippen LogP contribution in [0.15, 0.2) is 59.3 Å². The molecule has 1 aliphatic heterocycles. The van der Waals surface area contributed by atoms with E-state index in [1.54, 1.807) is 18.5 Å². The van der Waals surface area contributed by atoms with E-state index >= 15 is 0 Å². The highest BCUT2D eigenvalue weighted by atomic mass is 16.3. The zero-order chi connectivity index (χ0) is 21.2. The summed E-state index contributed by atoms with van der Waals surface area (Å²) in [6.07, 6.45) is 8.06. The average molecular weight is 418 g/mol. The first-order chi connectivity index (χ1) is 15.2. The highest BCUT2D eigenvalue weighted by Gasteiger charge is 2.26. The molecule has 2 aromatic heterocycles. The number of benzene rings is 1. The fourth-order valence-corrected chi connectivity index (χ4v) is 4.23. The Hall–Kier alpha value is -3.12. The molecule has 2 aliphatic rings. The molecule has 1 atom stereocenters. The van der Waals surface area contributed by atoms with E-state index in [0.717, 1.165) is 49.3 Å². The van der Waals surface area contributed by atoms with Gasteiger partial charge in [0.25, 0.3) is 5.91 Å². The minimum absolute atomic E-state index is 0.247. The van der Waals surface area contributed by atoms with E-state index in [1.165, 1.54) is 18.4 Å². The number of aromatic nitrogens is 1. The van der Waals surface area contributed by atoms with E-state index in [4.69, 9.17) is 4.42 Å². The number of carbonyl (C=O) groups is 1. The summed E-state index contributed by atoms with van der Waals surface area (Å²) < 4.78 is 5.83. The first-order valence-electron chi connectivity index (χ1n) is 11.1. The molecule has 31 heavy (non-hydrogen) atoms. The summed E-state index contributed by atoms with van der Waals surface area (Å²) in [5.41, 5.74) is 3.97. The van der Waals surface area contributed by atoms with Crippen LogP contribution in [0.5, 0.6) is 0 Å². The number of aliphatic hydroxyl groups is 1. The van der Waals surface area contributed by atoms with Gasteiger partial charge in [0.2, 0.25) is 0 Å². The summed E-state index contributed by atoms with van der Waals surface area (Å²) in [6, 6.07) is 13.6. The van der Waals surface area contributed by atoms with Crippen molar-refractivity contribution in [2.75, 3.05) is 23.3 Å². The van der Waals surface area contributed by atoms with Crippen LogP contribution in [-0.4, -0.2) is 35.2 Å². The summed E-state index contributed by atoms with van der Waals surface area (Å²) in [7, 11) is 0. The van der Waals surface area contributed by atoms with Crippen LogP contribution in [0.4, 0.5) is 11.4 Å². The molecule has 1 amide bonds. The van der Waals surface area contributed by atoms with Crippen LogP contribution in [0.25, 0.3) is 11.3 Å². The molecular weight excluding hydrogens is 390 g/mol. The van der Waals surface area contributed by atoms with Crippen LogP contribution in [0.2, 0.25) is 0 Å². The Morgan fingerprint density at radius 1 is 1.03 bits per heavy atom. The van der Waals surface area contributed by atoms with Gasteiger partial charge in [-0.25, -0.2) is 0 Å². The van der Waals surface area contributed by atoms with Crippen LogP contribution in [0, 0.1) is 0 Å². The summed E-state index contributed by atoms with van der Waals surface area (Å²) in [6.45, 7) is 1.65. The molecule has 1 aromatic carbocycles. The van der Waals surface area contributed by atoms with Crippen LogP contribution < -0.4 is 10.2 Å². The molecule has 1 unspecified atom stereocenters. The maximum absolute atomic E-state index is 13.0. The fraction of sp³-hybridized carbons (Fsp3) is 0.360. The van der Waals surface area contributed by atoms with Crippen LogP contribution in [0.1, 0.15) is 54.1 Å². The molecule has 2 N–H and O–H groups in total. The molecule has 0 radical (unpaired) electrons. The predicted molar refractivity (Wildman–Crippen MR) is 120 cm³/mol. The Kier molecular flexibility index (Phi) is 5.47. The van der Waals surface area contributed by atoms with Crippen molar-refractivity contribution in [1.82, 2.24) is 4.98 Å². The Morgan fingerprint density at radius 2 is 1.87 bits per heavy atom. The van der Waals surface area contributed by atoms with Crippen molar-refractivity contribution < 1.29 is 14.3 Å². The third-order valence-corrected chi connectivity index (χ3v) is 6.15. The average Bonchev–Trinajstić information content (AvgIpc) is 3.56. The van der Waals surface area contributed by atoms with Crippen molar-refractivity contribution in [2.24, 2.45) is 0 Å². The second-order valence-electron chi connectivity index (χ2n) is 8.48. The van der Waals surface area contributed by atoms with Crippen molar-refractivity contribution in [2.45, 2.75) is 44.1 Å². The third kappa shape index (κ3) is 4.49. The van der Waals surface area contributed by atoms with Crippen molar-refractivity contribution in [3.05, 3.63) is 66.2 Å². The molecular formula is C25H27N3O3. The molecule has 0 spiro atoms. The predicted octanol–water partition coefficient (Wildman–Crippen LogP) is 4.82. The SMILES string of the molecule is O=C(Nc1cc(C2CC2)ccc1N1CCCC(O)CC1)c1ccc(-c2ccncc2)o1. The number of furan rings is 1. The van der Waals surface area contributed by atoms with Crippen molar-refractivity contribution in [3.8, 4) is 11.3 Å². The minimum Gasteiger partial charge on any atom is -0.451 e. The summed E-state index contributed by atoms with van der Waals surface area (Å²) >= 11 is 0. The topological polar surface area (TPSA) is 78.6 Å². The highest BCUT2D eigenvalue weighted by molar-refractivity contribution is 6.04. The van der Waals surface area contributed by atoms with E-state index in [-0.39, 0.29) is 17.8 Å².